The number of hydrogen-bond donors (Lipinski definition) is 0. The molecular formula is C22H25F4N3O5S. The maximum Gasteiger partial charge on any atom is 0.417 e. The highest BCUT2D eigenvalue weighted by Gasteiger charge is 2.48. The van der Waals surface area contributed by atoms with Gasteiger partial charge in [0.05, 0.1) is 34.6 Å². The normalized spacial score (nSPS) is 21.9. The molecule has 2 aliphatic rings. The number of halogens is 4. The van der Waals surface area contributed by atoms with Gasteiger partial charge in [-0.15, -0.1) is 0 Å². The largest absolute Gasteiger partial charge is 0.467 e. The first kappa shape index (κ1) is 25.4. The van der Waals surface area contributed by atoms with E-state index in [4.69, 9.17) is 9.47 Å². The number of alkyl halides is 3. The zero-order valence-electron chi connectivity index (χ0n) is 19.1. The van der Waals surface area contributed by atoms with E-state index in [1.807, 2.05) is 0 Å². The molecule has 2 aromatic rings. The standard InChI is InChI=1S/C22H25F4N3O5S/c1-13-9-20(29(27-13)15-5-7-34-8-6-15)28-12-16(11-18(28)21(30)33-2)35(31,32)19-4-3-14(23)10-17(19)22(24,25)26/h3-4,9-10,15-16,18H,5-8,11-12H2,1-2H3/t16-,18+/m1/s1. The summed E-state index contributed by atoms with van der Waals surface area (Å²) in [4.78, 5) is 13.1. The van der Waals surface area contributed by atoms with Crippen LogP contribution in [-0.2, 0) is 30.3 Å². The molecule has 2 atom stereocenters. The fourth-order valence-corrected chi connectivity index (χ4v) is 6.59. The van der Waals surface area contributed by atoms with Gasteiger partial charge in [0.25, 0.3) is 0 Å². The maximum absolute atomic E-state index is 13.6. The van der Waals surface area contributed by atoms with Gasteiger partial charge in [-0.2, -0.15) is 18.3 Å². The number of hydrogen-bond acceptors (Lipinski definition) is 7. The van der Waals surface area contributed by atoms with Gasteiger partial charge in [0.1, 0.15) is 17.7 Å². The highest BCUT2D eigenvalue weighted by atomic mass is 32.2. The van der Waals surface area contributed by atoms with Crippen molar-refractivity contribution in [3.63, 3.8) is 0 Å². The van der Waals surface area contributed by atoms with Gasteiger partial charge < -0.3 is 14.4 Å². The van der Waals surface area contributed by atoms with Gasteiger partial charge >= 0.3 is 12.1 Å². The molecule has 1 aromatic carbocycles. The highest BCUT2D eigenvalue weighted by molar-refractivity contribution is 7.92. The maximum atomic E-state index is 13.6. The summed E-state index contributed by atoms with van der Waals surface area (Å²) < 4.78 is 93.1. The van der Waals surface area contributed by atoms with Crippen LogP contribution in [0, 0.1) is 12.7 Å². The second kappa shape index (κ2) is 9.41. The molecule has 13 heteroatoms. The summed E-state index contributed by atoms with van der Waals surface area (Å²) >= 11 is 0. The Labute approximate surface area is 199 Å². The Morgan fingerprint density at radius 1 is 1.20 bits per heavy atom. The van der Waals surface area contributed by atoms with E-state index in [0.717, 1.165) is 7.11 Å². The number of benzene rings is 1. The third-order valence-electron chi connectivity index (χ3n) is 6.40. The van der Waals surface area contributed by atoms with Crippen molar-refractivity contribution in [1.82, 2.24) is 9.78 Å². The van der Waals surface area contributed by atoms with E-state index in [1.165, 1.54) is 4.90 Å². The fourth-order valence-electron chi connectivity index (χ4n) is 4.70. The van der Waals surface area contributed by atoms with Crippen LogP contribution >= 0.6 is 0 Å². The lowest BCUT2D eigenvalue weighted by atomic mass is 10.1. The lowest BCUT2D eigenvalue weighted by Gasteiger charge is -2.30. The lowest BCUT2D eigenvalue weighted by Crippen LogP contribution is -2.39. The van der Waals surface area contributed by atoms with Crippen molar-refractivity contribution in [1.29, 1.82) is 0 Å². The number of carbonyl (C=O) groups excluding carboxylic acids is 1. The summed E-state index contributed by atoms with van der Waals surface area (Å²) in [6.45, 7) is 2.53. The average Bonchev–Trinajstić information content (AvgIpc) is 3.42. The molecule has 0 amide bonds. The molecule has 2 aliphatic heterocycles. The number of aryl methyl sites for hydroxylation is 1. The van der Waals surface area contributed by atoms with E-state index >= 15 is 0 Å². The molecule has 0 radical (unpaired) electrons. The first-order valence-corrected chi connectivity index (χ1v) is 12.6. The second-order valence-corrected chi connectivity index (χ2v) is 10.9. The molecule has 4 rings (SSSR count). The molecule has 1 aromatic heterocycles. The minimum atomic E-state index is -5.08. The molecule has 8 nitrogen and oxygen atoms in total. The third kappa shape index (κ3) is 4.88. The molecule has 2 fully saturated rings. The van der Waals surface area contributed by atoms with Crippen molar-refractivity contribution in [3.8, 4) is 0 Å². The minimum absolute atomic E-state index is 0.0460. The summed E-state index contributed by atoms with van der Waals surface area (Å²) in [5, 5.41) is 3.16. The van der Waals surface area contributed by atoms with Crippen molar-refractivity contribution < 1.29 is 40.2 Å². The SMILES string of the molecule is COC(=O)[C@@H]1C[C@@H](S(=O)(=O)c2ccc(F)cc2C(F)(F)F)CN1c1cc(C)nn1C1CCOCC1. The van der Waals surface area contributed by atoms with E-state index in [1.54, 1.807) is 17.7 Å². The predicted octanol–water partition coefficient (Wildman–Crippen LogP) is 3.30. The summed E-state index contributed by atoms with van der Waals surface area (Å²) in [6.07, 6.45) is -4.04. The Kier molecular flexibility index (Phi) is 6.84. The molecule has 192 valence electrons. The van der Waals surface area contributed by atoms with Crippen molar-refractivity contribution >= 4 is 21.6 Å². The number of methoxy groups -OCH3 is 1. The van der Waals surface area contributed by atoms with Crippen LogP contribution in [0.15, 0.2) is 29.2 Å². The van der Waals surface area contributed by atoms with Gasteiger partial charge in [0, 0.05) is 25.8 Å². The molecule has 0 bridgehead atoms. The summed E-state index contributed by atoms with van der Waals surface area (Å²) in [6, 6.07) is 2.08. The van der Waals surface area contributed by atoms with Crippen LogP contribution in [0.25, 0.3) is 0 Å². The molecule has 3 heterocycles. The summed E-state index contributed by atoms with van der Waals surface area (Å²) in [5.41, 5.74) is -0.937. The van der Waals surface area contributed by atoms with Gasteiger partial charge in [-0.3, -0.25) is 0 Å². The number of anilines is 1. The Morgan fingerprint density at radius 2 is 1.89 bits per heavy atom. The number of rotatable bonds is 5. The Bertz CT molecular complexity index is 1210. The molecule has 2 saturated heterocycles. The molecule has 0 aliphatic carbocycles. The van der Waals surface area contributed by atoms with Crippen molar-refractivity contribution in [3.05, 3.63) is 41.3 Å². The topological polar surface area (TPSA) is 90.7 Å². The zero-order valence-corrected chi connectivity index (χ0v) is 19.9. The van der Waals surface area contributed by atoms with E-state index in [2.05, 4.69) is 5.10 Å². The Morgan fingerprint density at radius 3 is 2.51 bits per heavy atom. The van der Waals surface area contributed by atoms with Crippen LogP contribution in [0.4, 0.5) is 23.4 Å². The van der Waals surface area contributed by atoms with Crippen LogP contribution in [0.5, 0.6) is 0 Å². The van der Waals surface area contributed by atoms with Crippen LogP contribution in [0.3, 0.4) is 0 Å². The first-order chi connectivity index (χ1) is 16.4. The number of sulfone groups is 1. The summed E-state index contributed by atoms with van der Waals surface area (Å²) in [5.74, 6) is -1.43. The number of ether oxygens (including phenoxy) is 2. The first-order valence-electron chi connectivity index (χ1n) is 11.0. The smallest absolute Gasteiger partial charge is 0.417 e. The van der Waals surface area contributed by atoms with E-state index < -0.39 is 49.6 Å². The van der Waals surface area contributed by atoms with E-state index in [0.29, 0.717) is 49.7 Å². The monoisotopic (exact) mass is 519 g/mol. The number of aromatic nitrogens is 2. The highest BCUT2D eigenvalue weighted by Crippen LogP contribution is 2.40. The van der Waals surface area contributed by atoms with Gasteiger partial charge in [-0.1, -0.05) is 0 Å². The van der Waals surface area contributed by atoms with Crippen LogP contribution < -0.4 is 4.90 Å². The van der Waals surface area contributed by atoms with Crippen LogP contribution in [-0.4, -0.2) is 62.3 Å². The van der Waals surface area contributed by atoms with Gasteiger partial charge in [0.2, 0.25) is 0 Å². The lowest BCUT2D eigenvalue weighted by molar-refractivity contribution is -0.142. The van der Waals surface area contributed by atoms with Gasteiger partial charge in [-0.25, -0.2) is 22.3 Å². The molecule has 0 unspecified atom stereocenters. The fraction of sp³-hybridized carbons (Fsp3) is 0.545. The second-order valence-electron chi connectivity index (χ2n) is 8.66. The van der Waals surface area contributed by atoms with Crippen molar-refractivity contribution in [2.75, 3.05) is 31.8 Å². The minimum Gasteiger partial charge on any atom is -0.467 e. The van der Waals surface area contributed by atoms with E-state index in [-0.39, 0.29) is 25.1 Å². The third-order valence-corrected chi connectivity index (χ3v) is 8.59. The van der Waals surface area contributed by atoms with E-state index in [9.17, 15) is 30.8 Å². The molecular weight excluding hydrogens is 494 g/mol. The van der Waals surface area contributed by atoms with Gasteiger partial charge in [0.15, 0.2) is 9.84 Å². The number of carbonyl (C=O) groups is 1. The molecule has 0 spiro atoms. The zero-order chi connectivity index (χ0) is 25.5. The summed E-state index contributed by atoms with van der Waals surface area (Å²) in [7, 11) is -3.44. The molecule has 0 N–H and O–H groups in total. The molecule has 0 saturated carbocycles. The van der Waals surface area contributed by atoms with Crippen LogP contribution in [0.1, 0.15) is 36.6 Å². The molecule has 35 heavy (non-hydrogen) atoms. The number of esters is 1. The van der Waals surface area contributed by atoms with Crippen LogP contribution in [0.2, 0.25) is 0 Å². The Hall–Kier alpha value is -2.67. The predicted molar refractivity (Wildman–Crippen MR) is 116 cm³/mol. The quantitative estimate of drug-likeness (QED) is 0.340. The van der Waals surface area contributed by atoms with Gasteiger partial charge in [-0.05, 0) is 44.4 Å². The number of nitrogens with zero attached hydrogens (tertiary/aromatic N) is 3. The van der Waals surface area contributed by atoms with Crippen molar-refractivity contribution in [2.24, 2.45) is 0 Å². The average molecular weight is 520 g/mol. The Balaban J connectivity index is 1.74. The van der Waals surface area contributed by atoms with Crippen molar-refractivity contribution in [2.45, 2.75) is 54.6 Å².